The Morgan fingerprint density at radius 2 is 2.57 bits per heavy atom. The molecule has 1 atom stereocenters. The van der Waals surface area contributed by atoms with Gasteiger partial charge in [-0.15, -0.1) is 10.2 Å². The maximum Gasteiger partial charge on any atom is 0.133 e. The Bertz CT molecular complexity index is 275. The van der Waals surface area contributed by atoms with Crippen molar-refractivity contribution in [2.75, 3.05) is 13.1 Å². The van der Waals surface area contributed by atoms with Crippen molar-refractivity contribution < 1.29 is 0 Å². The molecule has 14 heavy (non-hydrogen) atoms. The van der Waals surface area contributed by atoms with Gasteiger partial charge in [0.05, 0.1) is 0 Å². The third-order valence-corrected chi connectivity index (χ3v) is 2.91. The Morgan fingerprint density at radius 1 is 1.64 bits per heavy atom. The molecule has 4 nitrogen and oxygen atoms in total. The highest BCUT2D eigenvalue weighted by Gasteiger charge is 2.15. The van der Waals surface area contributed by atoms with Gasteiger partial charge in [-0.1, -0.05) is 0 Å². The topological polar surface area (TPSA) is 42.7 Å². The van der Waals surface area contributed by atoms with E-state index >= 15 is 0 Å². The molecule has 4 heteroatoms. The van der Waals surface area contributed by atoms with E-state index in [1.165, 1.54) is 19.4 Å². The average molecular weight is 194 g/mol. The third-order valence-electron chi connectivity index (χ3n) is 2.91. The molecule has 1 N–H and O–H groups in total. The van der Waals surface area contributed by atoms with Crippen molar-refractivity contribution in [2.24, 2.45) is 5.92 Å². The standard InChI is InChI=1S/C10H18N4/c1-2-14-8-12-13-10(14)6-9-4-3-5-11-7-9/h8-9,11H,2-7H2,1H3/t9-/m0/s1. The summed E-state index contributed by atoms with van der Waals surface area (Å²) in [5, 5.41) is 11.5. The van der Waals surface area contributed by atoms with Crippen LogP contribution >= 0.6 is 0 Å². The predicted molar refractivity (Wildman–Crippen MR) is 55.0 cm³/mol. The molecule has 1 aromatic rings. The summed E-state index contributed by atoms with van der Waals surface area (Å²) in [6.45, 7) is 5.42. The van der Waals surface area contributed by atoms with E-state index in [-0.39, 0.29) is 0 Å². The molecule has 2 heterocycles. The minimum Gasteiger partial charge on any atom is -0.318 e. The summed E-state index contributed by atoms with van der Waals surface area (Å²) in [7, 11) is 0. The van der Waals surface area contributed by atoms with Gasteiger partial charge >= 0.3 is 0 Å². The molecule has 0 radical (unpaired) electrons. The molecule has 0 saturated carbocycles. The van der Waals surface area contributed by atoms with Crippen LogP contribution in [0.3, 0.4) is 0 Å². The molecule has 1 aliphatic heterocycles. The number of hydrogen-bond donors (Lipinski definition) is 1. The predicted octanol–water partition coefficient (Wildman–Crippen LogP) is 0.840. The van der Waals surface area contributed by atoms with Crippen molar-refractivity contribution in [3.8, 4) is 0 Å². The van der Waals surface area contributed by atoms with E-state index in [1.807, 2.05) is 6.33 Å². The number of aryl methyl sites for hydroxylation is 1. The summed E-state index contributed by atoms with van der Waals surface area (Å²) in [4.78, 5) is 0. The molecule has 2 rings (SSSR count). The molecule has 1 aliphatic rings. The van der Waals surface area contributed by atoms with Crippen LogP contribution in [0.25, 0.3) is 0 Å². The van der Waals surface area contributed by atoms with Crippen LogP contribution in [0.2, 0.25) is 0 Å². The summed E-state index contributed by atoms with van der Waals surface area (Å²) >= 11 is 0. The van der Waals surface area contributed by atoms with E-state index in [2.05, 4.69) is 27.0 Å². The van der Waals surface area contributed by atoms with Crippen LogP contribution in [0.4, 0.5) is 0 Å². The van der Waals surface area contributed by atoms with Gasteiger partial charge < -0.3 is 9.88 Å². The van der Waals surface area contributed by atoms with Crippen molar-refractivity contribution in [3.63, 3.8) is 0 Å². The second-order valence-corrected chi connectivity index (χ2v) is 3.95. The number of rotatable bonds is 3. The number of nitrogens with one attached hydrogen (secondary N) is 1. The summed E-state index contributed by atoms with van der Waals surface area (Å²) in [6, 6.07) is 0. The van der Waals surface area contributed by atoms with Crippen molar-refractivity contribution in [1.29, 1.82) is 0 Å². The van der Waals surface area contributed by atoms with Crippen molar-refractivity contribution in [2.45, 2.75) is 32.7 Å². The molecule has 0 aliphatic carbocycles. The first-order chi connectivity index (χ1) is 6.90. The molecule has 1 fully saturated rings. The van der Waals surface area contributed by atoms with Gasteiger partial charge in [0, 0.05) is 13.0 Å². The lowest BCUT2D eigenvalue weighted by Gasteiger charge is -2.22. The Labute approximate surface area is 84.7 Å². The van der Waals surface area contributed by atoms with Crippen LogP contribution in [0.5, 0.6) is 0 Å². The van der Waals surface area contributed by atoms with Crippen LogP contribution in [-0.4, -0.2) is 27.9 Å². The highest BCUT2D eigenvalue weighted by atomic mass is 15.3. The normalized spacial score (nSPS) is 22.5. The Morgan fingerprint density at radius 3 is 3.29 bits per heavy atom. The summed E-state index contributed by atoms with van der Waals surface area (Å²) in [6.07, 6.45) is 5.51. The number of aromatic nitrogens is 3. The smallest absolute Gasteiger partial charge is 0.133 e. The summed E-state index contributed by atoms with van der Waals surface area (Å²) in [5.74, 6) is 1.89. The molecule has 0 spiro atoms. The maximum absolute atomic E-state index is 4.17. The van der Waals surface area contributed by atoms with E-state index in [1.54, 1.807) is 0 Å². The molecular weight excluding hydrogens is 176 g/mol. The second-order valence-electron chi connectivity index (χ2n) is 3.95. The lowest BCUT2D eigenvalue weighted by molar-refractivity contribution is 0.366. The first-order valence-corrected chi connectivity index (χ1v) is 5.47. The van der Waals surface area contributed by atoms with Crippen molar-refractivity contribution in [3.05, 3.63) is 12.2 Å². The number of nitrogens with zero attached hydrogens (tertiary/aromatic N) is 3. The van der Waals surface area contributed by atoms with Gasteiger partial charge in [0.1, 0.15) is 12.2 Å². The quantitative estimate of drug-likeness (QED) is 0.775. The zero-order chi connectivity index (χ0) is 9.80. The molecule has 78 valence electrons. The first-order valence-electron chi connectivity index (χ1n) is 5.47. The first kappa shape index (κ1) is 9.65. The van der Waals surface area contributed by atoms with Crippen LogP contribution < -0.4 is 5.32 Å². The minimum atomic E-state index is 0.748. The van der Waals surface area contributed by atoms with E-state index in [4.69, 9.17) is 0 Å². The van der Waals surface area contributed by atoms with Crippen molar-refractivity contribution in [1.82, 2.24) is 20.1 Å². The van der Waals surface area contributed by atoms with Gasteiger partial charge in [-0.3, -0.25) is 0 Å². The summed E-state index contributed by atoms with van der Waals surface area (Å²) < 4.78 is 2.13. The van der Waals surface area contributed by atoms with Gasteiger partial charge in [-0.2, -0.15) is 0 Å². The number of piperidine rings is 1. The third kappa shape index (κ3) is 2.12. The van der Waals surface area contributed by atoms with E-state index in [0.717, 1.165) is 31.3 Å². The average Bonchev–Trinajstić information content (AvgIpc) is 2.67. The highest BCUT2D eigenvalue weighted by Crippen LogP contribution is 2.14. The summed E-state index contributed by atoms with van der Waals surface area (Å²) in [5.41, 5.74) is 0. The van der Waals surface area contributed by atoms with Crippen LogP contribution in [0.1, 0.15) is 25.6 Å². The Balaban J connectivity index is 1.95. The fourth-order valence-electron chi connectivity index (χ4n) is 2.06. The Hall–Kier alpha value is -0.900. The van der Waals surface area contributed by atoms with Gasteiger partial charge in [-0.05, 0) is 38.8 Å². The molecule has 0 aromatic carbocycles. The van der Waals surface area contributed by atoms with Crippen molar-refractivity contribution >= 4 is 0 Å². The van der Waals surface area contributed by atoms with Gasteiger partial charge in [0.15, 0.2) is 0 Å². The molecule has 0 unspecified atom stereocenters. The van der Waals surface area contributed by atoms with E-state index in [9.17, 15) is 0 Å². The SMILES string of the molecule is CCn1cnnc1C[C@@H]1CCCNC1. The van der Waals surface area contributed by atoms with E-state index < -0.39 is 0 Å². The second kappa shape index (κ2) is 4.55. The molecule has 1 aromatic heterocycles. The molecular formula is C10H18N4. The number of hydrogen-bond acceptors (Lipinski definition) is 3. The van der Waals surface area contributed by atoms with Gasteiger partial charge in [0.2, 0.25) is 0 Å². The van der Waals surface area contributed by atoms with Crippen LogP contribution in [-0.2, 0) is 13.0 Å². The van der Waals surface area contributed by atoms with Gasteiger partial charge in [0.25, 0.3) is 0 Å². The van der Waals surface area contributed by atoms with E-state index in [0.29, 0.717) is 0 Å². The highest BCUT2D eigenvalue weighted by molar-refractivity contribution is 4.89. The maximum atomic E-state index is 4.17. The lowest BCUT2D eigenvalue weighted by Crippen LogP contribution is -2.31. The zero-order valence-corrected chi connectivity index (χ0v) is 8.74. The van der Waals surface area contributed by atoms with Crippen LogP contribution in [0, 0.1) is 5.92 Å². The minimum absolute atomic E-state index is 0.748. The lowest BCUT2D eigenvalue weighted by atomic mass is 9.96. The zero-order valence-electron chi connectivity index (χ0n) is 8.74. The monoisotopic (exact) mass is 194 g/mol. The molecule has 0 bridgehead atoms. The largest absolute Gasteiger partial charge is 0.318 e. The fraction of sp³-hybridized carbons (Fsp3) is 0.800. The Kier molecular flexibility index (Phi) is 3.14. The van der Waals surface area contributed by atoms with Gasteiger partial charge in [-0.25, -0.2) is 0 Å². The molecule has 0 amide bonds. The van der Waals surface area contributed by atoms with Crippen LogP contribution in [0.15, 0.2) is 6.33 Å². The fourth-order valence-corrected chi connectivity index (χ4v) is 2.06. The molecule has 1 saturated heterocycles.